The molecule has 0 fully saturated rings. The van der Waals surface area contributed by atoms with Crippen molar-refractivity contribution in [3.63, 3.8) is 0 Å². The first kappa shape index (κ1) is 10.8. The van der Waals surface area contributed by atoms with Crippen LogP contribution in [0.1, 0.15) is 17.6 Å². The Kier molecular flexibility index (Phi) is 3.31. The van der Waals surface area contributed by atoms with Crippen molar-refractivity contribution in [3.05, 3.63) is 28.3 Å². The highest BCUT2D eigenvalue weighted by atomic mass is 35.5. The van der Waals surface area contributed by atoms with E-state index in [4.69, 9.17) is 16.9 Å². The van der Waals surface area contributed by atoms with Crippen LogP contribution >= 0.6 is 11.6 Å². The first-order chi connectivity index (χ1) is 6.57. The maximum absolute atomic E-state index is 13.0. The second-order valence-electron chi connectivity index (χ2n) is 2.42. The quantitative estimate of drug-likeness (QED) is 0.719. The van der Waals surface area contributed by atoms with Crippen LogP contribution in [0, 0.1) is 17.1 Å². The molecule has 0 aliphatic rings. The van der Waals surface area contributed by atoms with Crippen molar-refractivity contribution in [2.45, 2.75) is 12.8 Å². The summed E-state index contributed by atoms with van der Waals surface area (Å²) in [4.78, 5) is 3.24. The van der Waals surface area contributed by atoms with Crippen LogP contribution in [0.4, 0.5) is 13.2 Å². The Balaban J connectivity index is 3.35. The van der Waals surface area contributed by atoms with E-state index in [1.807, 2.05) is 0 Å². The molecule has 0 aliphatic heterocycles. The number of halogens is 4. The lowest BCUT2D eigenvalue weighted by Crippen LogP contribution is -2.01. The minimum atomic E-state index is -2.94. The molecular formula is C8H4ClF3N2. The molecule has 0 saturated heterocycles. The molecule has 1 rings (SSSR count). The Morgan fingerprint density at radius 1 is 1.57 bits per heavy atom. The van der Waals surface area contributed by atoms with Crippen LogP contribution in [0.2, 0.25) is 5.15 Å². The number of pyridine rings is 1. The first-order valence-corrected chi connectivity index (χ1v) is 3.93. The van der Waals surface area contributed by atoms with Gasteiger partial charge in [0.05, 0.1) is 24.3 Å². The average molecular weight is 221 g/mol. The second-order valence-corrected chi connectivity index (χ2v) is 2.78. The zero-order valence-electron chi connectivity index (χ0n) is 6.77. The zero-order valence-corrected chi connectivity index (χ0v) is 7.52. The van der Waals surface area contributed by atoms with Gasteiger partial charge in [-0.2, -0.15) is 5.26 Å². The van der Waals surface area contributed by atoms with Gasteiger partial charge in [0.25, 0.3) is 6.43 Å². The predicted molar refractivity (Wildman–Crippen MR) is 43.5 cm³/mol. The standard InChI is InChI=1S/C8H4ClF3N2/c9-7-6(8(11)12)4(1-2-13)5(10)3-14-7/h3,8H,1H2. The molecule has 2 nitrogen and oxygen atoms in total. The molecule has 0 bridgehead atoms. The van der Waals surface area contributed by atoms with Gasteiger partial charge in [-0.05, 0) is 0 Å². The molecule has 0 amide bonds. The topological polar surface area (TPSA) is 36.7 Å². The van der Waals surface area contributed by atoms with Crippen LogP contribution in [0.5, 0.6) is 0 Å². The van der Waals surface area contributed by atoms with Crippen molar-refractivity contribution < 1.29 is 13.2 Å². The summed E-state index contributed by atoms with van der Waals surface area (Å²) in [5, 5.41) is 7.85. The second kappa shape index (κ2) is 4.29. The molecule has 6 heteroatoms. The van der Waals surface area contributed by atoms with E-state index < -0.39 is 29.4 Å². The maximum Gasteiger partial charge on any atom is 0.267 e. The van der Waals surface area contributed by atoms with E-state index >= 15 is 0 Å². The lowest BCUT2D eigenvalue weighted by molar-refractivity contribution is 0.149. The summed E-state index contributed by atoms with van der Waals surface area (Å²) in [6.45, 7) is 0. The molecule has 74 valence electrons. The number of nitriles is 1. The third kappa shape index (κ3) is 1.96. The summed E-state index contributed by atoms with van der Waals surface area (Å²) in [7, 11) is 0. The Bertz CT molecular complexity index is 387. The summed E-state index contributed by atoms with van der Waals surface area (Å²) < 4.78 is 37.8. The van der Waals surface area contributed by atoms with Gasteiger partial charge in [0, 0.05) is 5.56 Å². The van der Waals surface area contributed by atoms with Gasteiger partial charge < -0.3 is 0 Å². The summed E-state index contributed by atoms with van der Waals surface area (Å²) in [5.41, 5.74) is -1.09. The van der Waals surface area contributed by atoms with Gasteiger partial charge in [-0.3, -0.25) is 0 Å². The van der Waals surface area contributed by atoms with E-state index in [0.29, 0.717) is 0 Å². The lowest BCUT2D eigenvalue weighted by Gasteiger charge is -2.07. The molecule has 0 aromatic carbocycles. The third-order valence-corrected chi connectivity index (χ3v) is 1.90. The maximum atomic E-state index is 13.0. The third-order valence-electron chi connectivity index (χ3n) is 1.60. The van der Waals surface area contributed by atoms with E-state index in [-0.39, 0.29) is 5.56 Å². The highest BCUT2D eigenvalue weighted by Gasteiger charge is 2.21. The summed E-state index contributed by atoms with van der Waals surface area (Å²) in [6.07, 6.45) is -2.66. The summed E-state index contributed by atoms with van der Waals surface area (Å²) in [6, 6.07) is 1.59. The number of aromatic nitrogens is 1. The molecule has 0 spiro atoms. The van der Waals surface area contributed by atoms with Gasteiger partial charge in [-0.15, -0.1) is 0 Å². The Morgan fingerprint density at radius 3 is 2.71 bits per heavy atom. The largest absolute Gasteiger partial charge is 0.267 e. The fraction of sp³-hybridized carbons (Fsp3) is 0.250. The monoisotopic (exact) mass is 220 g/mol. The van der Waals surface area contributed by atoms with E-state index in [1.165, 1.54) is 0 Å². The normalized spacial score (nSPS) is 10.3. The predicted octanol–water partition coefficient (Wildman–Crippen LogP) is 2.88. The van der Waals surface area contributed by atoms with Gasteiger partial charge in [-0.25, -0.2) is 18.2 Å². The molecule has 0 unspecified atom stereocenters. The van der Waals surface area contributed by atoms with Crippen LogP contribution in [-0.2, 0) is 6.42 Å². The van der Waals surface area contributed by atoms with Crippen LogP contribution in [-0.4, -0.2) is 4.98 Å². The van der Waals surface area contributed by atoms with Crippen LogP contribution in [0.15, 0.2) is 6.20 Å². The summed E-state index contributed by atoms with van der Waals surface area (Å²) >= 11 is 5.36. The van der Waals surface area contributed by atoms with Crippen LogP contribution < -0.4 is 0 Å². The van der Waals surface area contributed by atoms with Crippen molar-refractivity contribution in [2.75, 3.05) is 0 Å². The molecule has 0 atom stereocenters. The number of hydrogen-bond donors (Lipinski definition) is 0. The number of alkyl halides is 2. The lowest BCUT2D eigenvalue weighted by atomic mass is 10.1. The molecule has 1 aromatic heterocycles. The van der Waals surface area contributed by atoms with Gasteiger partial charge in [0.1, 0.15) is 11.0 Å². The van der Waals surface area contributed by atoms with Crippen molar-refractivity contribution in [3.8, 4) is 6.07 Å². The van der Waals surface area contributed by atoms with Crippen molar-refractivity contribution >= 4 is 11.6 Å². The Labute approximate surface area is 82.9 Å². The molecule has 0 N–H and O–H groups in total. The number of nitrogens with zero attached hydrogens (tertiary/aromatic N) is 2. The highest BCUT2D eigenvalue weighted by Crippen LogP contribution is 2.30. The van der Waals surface area contributed by atoms with Crippen molar-refractivity contribution in [2.24, 2.45) is 0 Å². The molecule has 14 heavy (non-hydrogen) atoms. The molecule has 1 heterocycles. The van der Waals surface area contributed by atoms with Gasteiger partial charge in [-0.1, -0.05) is 11.6 Å². The van der Waals surface area contributed by atoms with Crippen molar-refractivity contribution in [1.82, 2.24) is 4.98 Å². The minimum absolute atomic E-state index is 0.387. The fourth-order valence-corrected chi connectivity index (χ4v) is 1.24. The summed E-state index contributed by atoms with van der Waals surface area (Å²) in [5.74, 6) is -0.939. The minimum Gasteiger partial charge on any atom is -0.241 e. The highest BCUT2D eigenvalue weighted by molar-refractivity contribution is 6.30. The molecule has 0 aliphatic carbocycles. The van der Waals surface area contributed by atoms with Gasteiger partial charge in [0.15, 0.2) is 0 Å². The fourth-order valence-electron chi connectivity index (χ4n) is 0.994. The SMILES string of the molecule is N#CCc1c(F)cnc(Cl)c1C(F)F. The number of rotatable bonds is 2. The first-order valence-electron chi connectivity index (χ1n) is 3.55. The van der Waals surface area contributed by atoms with E-state index in [9.17, 15) is 13.2 Å². The Hall–Kier alpha value is -1.28. The van der Waals surface area contributed by atoms with Gasteiger partial charge >= 0.3 is 0 Å². The average Bonchev–Trinajstić information content (AvgIpc) is 2.11. The number of hydrogen-bond acceptors (Lipinski definition) is 2. The van der Waals surface area contributed by atoms with Crippen molar-refractivity contribution in [1.29, 1.82) is 5.26 Å². The van der Waals surface area contributed by atoms with Crippen LogP contribution in [0.25, 0.3) is 0 Å². The molecule has 0 saturated carbocycles. The van der Waals surface area contributed by atoms with Gasteiger partial charge in [0.2, 0.25) is 0 Å². The molecular weight excluding hydrogens is 217 g/mol. The Morgan fingerprint density at radius 2 is 2.21 bits per heavy atom. The van der Waals surface area contributed by atoms with E-state index in [1.54, 1.807) is 6.07 Å². The van der Waals surface area contributed by atoms with E-state index in [2.05, 4.69) is 4.98 Å². The van der Waals surface area contributed by atoms with Crippen LogP contribution in [0.3, 0.4) is 0 Å². The smallest absolute Gasteiger partial charge is 0.241 e. The van der Waals surface area contributed by atoms with E-state index in [0.717, 1.165) is 6.20 Å². The molecule has 1 aromatic rings. The zero-order chi connectivity index (χ0) is 10.7. The molecule has 0 radical (unpaired) electrons.